The van der Waals surface area contributed by atoms with Crippen molar-refractivity contribution in [3.63, 3.8) is 0 Å². The van der Waals surface area contributed by atoms with E-state index < -0.39 is 17.6 Å². The highest BCUT2D eigenvalue weighted by Crippen LogP contribution is 2.34. The summed E-state index contributed by atoms with van der Waals surface area (Å²) in [5.41, 5.74) is 0.346. The lowest BCUT2D eigenvalue weighted by atomic mass is 9.87. The van der Waals surface area contributed by atoms with Gasteiger partial charge in [0.1, 0.15) is 5.82 Å². The van der Waals surface area contributed by atoms with E-state index in [-0.39, 0.29) is 23.8 Å². The van der Waals surface area contributed by atoms with Gasteiger partial charge in [0.25, 0.3) is 5.91 Å². The third-order valence-corrected chi connectivity index (χ3v) is 5.39. The van der Waals surface area contributed by atoms with Crippen LogP contribution in [0.5, 0.6) is 0 Å². The lowest BCUT2D eigenvalue weighted by Gasteiger charge is -2.32. The first-order valence-electron chi connectivity index (χ1n) is 9.61. The molecule has 2 atom stereocenters. The van der Waals surface area contributed by atoms with Crippen LogP contribution in [0.2, 0.25) is 0 Å². The first-order chi connectivity index (χ1) is 13.7. The molecule has 0 radical (unpaired) electrons. The molecule has 156 valence electrons. The summed E-state index contributed by atoms with van der Waals surface area (Å²) < 4.78 is 52.5. The second-order valence-electron chi connectivity index (χ2n) is 7.71. The minimum atomic E-state index is -4.39. The van der Waals surface area contributed by atoms with E-state index in [1.54, 1.807) is 11.0 Å². The number of rotatable bonds is 5. The van der Waals surface area contributed by atoms with E-state index >= 15 is 0 Å². The van der Waals surface area contributed by atoms with E-state index in [4.69, 9.17) is 0 Å². The van der Waals surface area contributed by atoms with Gasteiger partial charge in [0, 0.05) is 37.2 Å². The van der Waals surface area contributed by atoms with Crippen LogP contribution in [-0.2, 0) is 6.18 Å². The first kappa shape index (κ1) is 21.3. The molecule has 1 fully saturated rings. The maximum Gasteiger partial charge on any atom is 0.416 e. The summed E-state index contributed by atoms with van der Waals surface area (Å²) in [5, 5.41) is 3.24. The molecule has 7 heteroatoms. The Morgan fingerprint density at radius 1 is 1.14 bits per heavy atom. The SMILES string of the molecule is CC(C)N(CC1CNCC1c1cccc(C(F)(F)F)c1)C(=O)c1ccc(F)cc1. The van der Waals surface area contributed by atoms with Gasteiger partial charge in [-0.1, -0.05) is 18.2 Å². The average molecular weight is 408 g/mol. The molecule has 2 unspecified atom stereocenters. The van der Waals surface area contributed by atoms with Crippen LogP contribution in [-0.4, -0.2) is 36.5 Å². The highest BCUT2D eigenvalue weighted by atomic mass is 19.4. The molecule has 1 aliphatic rings. The number of carbonyl (C=O) groups excluding carboxylic acids is 1. The number of nitrogens with zero attached hydrogens (tertiary/aromatic N) is 1. The van der Waals surface area contributed by atoms with Crippen molar-refractivity contribution < 1.29 is 22.4 Å². The summed E-state index contributed by atoms with van der Waals surface area (Å²) in [6.45, 7) is 5.36. The number of hydrogen-bond donors (Lipinski definition) is 1. The zero-order chi connectivity index (χ0) is 21.2. The third-order valence-electron chi connectivity index (χ3n) is 5.39. The molecule has 3 nitrogen and oxygen atoms in total. The summed E-state index contributed by atoms with van der Waals surface area (Å²) in [5.74, 6) is -0.776. The molecule has 0 bridgehead atoms. The third kappa shape index (κ3) is 4.96. The predicted octanol–water partition coefficient (Wildman–Crippen LogP) is 4.70. The van der Waals surface area contributed by atoms with Crippen LogP contribution in [0.1, 0.15) is 41.3 Å². The fourth-order valence-corrected chi connectivity index (χ4v) is 3.80. The van der Waals surface area contributed by atoms with E-state index in [9.17, 15) is 22.4 Å². The van der Waals surface area contributed by atoms with Crippen LogP contribution in [0.25, 0.3) is 0 Å². The van der Waals surface area contributed by atoms with E-state index in [0.29, 0.717) is 30.8 Å². The molecule has 2 aromatic carbocycles. The Hall–Kier alpha value is -2.41. The van der Waals surface area contributed by atoms with Gasteiger partial charge >= 0.3 is 6.18 Å². The molecule has 1 heterocycles. The lowest BCUT2D eigenvalue weighted by molar-refractivity contribution is -0.137. The predicted molar refractivity (Wildman–Crippen MR) is 103 cm³/mol. The van der Waals surface area contributed by atoms with Crippen LogP contribution < -0.4 is 5.32 Å². The van der Waals surface area contributed by atoms with E-state index in [2.05, 4.69) is 5.32 Å². The van der Waals surface area contributed by atoms with Gasteiger partial charge < -0.3 is 10.2 Å². The fraction of sp³-hybridized carbons (Fsp3) is 0.409. The van der Waals surface area contributed by atoms with Crippen LogP contribution in [0.4, 0.5) is 17.6 Å². The number of nitrogens with one attached hydrogen (secondary N) is 1. The molecule has 1 saturated heterocycles. The average Bonchev–Trinajstić information content (AvgIpc) is 3.14. The molecule has 1 amide bonds. The summed E-state index contributed by atoms with van der Waals surface area (Å²) in [7, 11) is 0. The molecule has 29 heavy (non-hydrogen) atoms. The van der Waals surface area contributed by atoms with Crippen LogP contribution >= 0.6 is 0 Å². The molecular weight excluding hydrogens is 384 g/mol. The number of amides is 1. The minimum absolute atomic E-state index is 0.0229. The minimum Gasteiger partial charge on any atom is -0.336 e. The zero-order valence-corrected chi connectivity index (χ0v) is 16.3. The number of hydrogen-bond acceptors (Lipinski definition) is 2. The summed E-state index contributed by atoms with van der Waals surface area (Å²) in [6, 6.07) is 10.7. The summed E-state index contributed by atoms with van der Waals surface area (Å²) >= 11 is 0. The fourth-order valence-electron chi connectivity index (χ4n) is 3.80. The van der Waals surface area contributed by atoms with Gasteiger partial charge in [0.15, 0.2) is 0 Å². The molecule has 0 aliphatic carbocycles. The molecular formula is C22H24F4N2O. The zero-order valence-electron chi connectivity index (χ0n) is 16.3. The second-order valence-corrected chi connectivity index (χ2v) is 7.71. The molecule has 0 saturated carbocycles. The largest absolute Gasteiger partial charge is 0.416 e. The Morgan fingerprint density at radius 3 is 2.45 bits per heavy atom. The quantitative estimate of drug-likeness (QED) is 0.728. The molecule has 1 aliphatic heterocycles. The number of alkyl halides is 3. The highest BCUT2D eigenvalue weighted by Gasteiger charge is 2.35. The Kier molecular flexibility index (Phi) is 6.27. The van der Waals surface area contributed by atoms with Gasteiger partial charge in [0.05, 0.1) is 5.56 Å². The van der Waals surface area contributed by atoms with E-state index in [1.165, 1.54) is 36.4 Å². The van der Waals surface area contributed by atoms with Gasteiger partial charge in [0.2, 0.25) is 0 Å². The van der Waals surface area contributed by atoms with Crippen molar-refractivity contribution in [2.24, 2.45) is 5.92 Å². The molecule has 1 N–H and O–H groups in total. The maximum absolute atomic E-state index is 13.2. The molecule has 2 aromatic rings. The Bertz CT molecular complexity index is 849. The molecule has 0 spiro atoms. The smallest absolute Gasteiger partial charge is 0.336 e. The van der Waals surface area contributed by atoms with Gasteiger partial charge in [-0.3, -0.25) is 4.79 Å². The van der Waals surface area contributed by atoms with Gasteiger partial charge in [-0.2, -0.15) is 13.2 Å². The molecule has 3 rings (SSSR count). The van der Waals surface area contributed by atoms with Crippen molar-refractivity contribution >= 4 is 5.91 Å². The van der Waals surface area contributed by atoms with Crippen LogP contribution in [0.15, 0.2) is 48.5 Å². The van der Waals surface area contributed by atoms with Crippen molar-refractivity contribution in [2.75, 3.05) is 19.6 Å². The van der Waals surface area contributed by atoms with Crippen molar-refractivity contribution in [3.05, 3.63) is 71.0 Å². The van der Waals surface area contributed by atoms with Gasteiger partial charge in [-0.05, 0) is 55.7 Å². The highest BCUT2D eigenvalue weighted by molar-refractivity contribution is 5.94. The normalized spacial score (nSPS) is 19.6. The number of benzene rings is 2. The van der Waals surface area contributed by atoms with Crippen molar-refractivity contribution in [1.29, 1.82) is 0 Å². The topological polar surface area (TPSA) is 32.3 Å². The Balaban J connectivity index is 1.81. The Labute approximate surface area is 167 Å². The maximum atomic E-state index is 13.2. The van der Waals surface area contributed by atoms with Crippen molar-refractivity contribution in [1.82, 2.24) is 10.2 Å². The second kappa shape index (κ2) is 8.53. The Morgan fingerprint density at radius 2 is 1.83 bits per heavy atom. The van der Waals surface area contributed by atoms with Gasteiger partial charge in [-0.25, -0.2) is 4.39 Å². The van der Waals surface area contributed by atoms with Crippen LogP contribution in [0, 0.1) is 11.7 Å². The summed E-state index contributed by atoms with van der Waals surface area (Å²) in [6.07, 6.45) is -4.39. The standard InChI is InChI=1S/C22H24F4N2O/c1-14(2)28(21(29)15-6-8-19(23)9-7-15)13-17-11-27-12-20(17)16-4-3-5-18(10-16)22(24,25)26/h3-10,14,17,20,27H,11-13H2,1-2H3. The van der Waals surface area contributed by atoms with Crippen molar-refractivity contribution in [3.8, 4) is 0 Å². The van der Waals surface area contributed by atoms with Crippen LogP contribution in [0.3, 0.4) is 0 Å². The molecule has 0 aromatic heterocycles. The van der Waals surface area contributed by atoms with Gasteiger partial charge in [-0.15, -0.1) is 0 Å². The monoisotopic (exact) mass is 408 g/mol. The summed E-state index contributed by atoms with van der Waals surface area (Å²) in [4.78, 5) is 14.6. The lowest BCUT2D eigenvalue weighted by Crippen LogP contribution is -2.41. The number of carbonyl (C=O) groups is 1. The van der Waals surface area contributed by atoms with E-state index in [1.807, 2.05) is 13.8 Å². The first-order valence-corrected chi connectivity index (χ1v) is 9.61. The van der Waals surface area contributed by atoms with Crippen molar-refractivity contribution in [2.45, 2.75) is 32.0 Å². The van der Waals surface area contributed by atoms with E-state index in [0.717, 1.165) is 6.07 Å². The number of halogens is 4.